The average molecular weight is 291 g/mol. The standard InChI is InChI=1S/C17H25NO3/c1-12-3-4-16(15(9-12)13(2)18)21-14-5-7-20-17(10-14)6-8-19-11-17/h3-4,9,13-14H,5-8,10-11,18H2,1-2H3/t13-,14?,17?/m0/s1. The molecule has 1 aromatic carbocycles. The van der Waals surface area contributed by atoms with E-state index in [1.54, 1.807) is 0 Å². The van der Waals surface area contributed by atoms with Crippen molar-refractivity contribution in [3.8, 4) is 5.75 Å². The lowest BCUT2D eigenvalue weighted by Crippen LogP contribution is -2.44. The van der Waals surface area contributed by atoms with Crippen LogP contribution in [0.15, 0.2) is 18.2 Å². The quantitative estimate of drug-likeness (QED) is 0.930. The summed E-state index contributed by atoms with van der Waals surface area (Å²) in [6.45, 7) is 6.31. The molecule has 2 aliphatic heterocycles. The van der Waals surface area contributed by atoms with E-state index in [1.807, 2.05) is 13.0 Å². The van der Waals surface area contributed by atoms with Crippen molar-refractivity contribution in [1.29, 1.82) is 0 Å². The SMILES string of the molecule is Cc1ccc(OC2CCOC3(CCOC3)C2)c([C@H](C)N)c1. The first-order valence-corrected chi connectivity index (χ1v) is 7.82. The van der Waals surface area contributed by atoms with Gasteiger partial charge >= 0.3 is 0 Å². The highest BCUT2D eigenvalue weighted by molar-refractivity contribution is 5.39. The van der Waals surface area contributed by atoms with E-state index in [1.165, 1.54) is 5.56 Å². The summed E-state index contributed by atoms with van der Waals surface area (Å²) in [4.78, 5) is 0. The topological polar surface area (TPSA) is 53.7 Å². The highest BCUT2D eigenvalue weighted by Gasteiger charge is 2.41. The van der Waals surface area contributed by atoms with Crippen LogP contribution in [0, 0.1) is 6.92 Å². The van der Waals surface area contributed by atoms with Crippen LogP contribution in [0.25, 0.3) is 0 Å². The van der Waals surface area contributed by atoms with E-state index < -0.39 is 0 Å². The van der Waals surface area contributed by atoms with E-state index in [9.17, 15) is 0 Å². The largest absolute Gasteiger partial charge is 0.490 e. The van der Waals surface area contributed by atoms with Crippen molar-refractivity contribution in [1.82, 2.24) is 0 Å². The second kappa shape index (κ2) is 5.95. The van der Waals surface area contributed by atoms with Crippen molar-refractivity contribution in [2.45, 2.75) is 50.9 Å². The van der Waals surface area contributed by atoms with Crippen molar-refractivity contribution < 1.29 is 14.2 Å². The van der Waals surface area contributed by atoms with Gasteiger partial charge in [0.05, 0.1) is 18.8 Å². The van der Waals surface area contributed by atoms with Crippen molar-refractivity contribution in [2.24, 2.45) is 5.73 Å². The highest BCUT2D eigenvalue weighted by atomic mass is 16.6. The smallest absolute Gasteiger partial charge is 0.124 e. The molecule has 116 valence electrons. The summed E-state index contributed by atoms with van der Waals surface area (Å²) >= 11 is 0. The molecule has 3 rings (SSSR count). The van der Waals surface area contributed by atoms with Gasteiger partial charge in [0, 0.05) is 37.5 Å². The van der Waals surface area contributed by atoms with Gasteiger partial charge in [-0.25, -0.2) is 0 Å². The van der Waals surface area contributed by atoms with E-state index in [0.717, 1.165) is 43.8 Å². The van der Waals surface area contributed by atoms with Gasteiger partial charge in [-0.3, -0.25) is 0 Å². The fourth-order valence-corrected chi connectivity index (χ4v) is 3.26. The number of ether oxygens (including phenoxy) is 3. The van der Waals surface area contributed by atoms with Crippen LogP contribution in [0.4, 0.5) is 0 Å². The first-order chi connectivity index (χ1) is 10.1. The number of hydrogen-bond donors (Lipinski definition) is 1. The minimum Gasteiger partial charge on any atom is -0.490 e. The molecule has 1 aromatic rings. The van der Waals surface area contributed by atoms with Crippen molar-refractivity contribution in [2.75, 3.05) is 19.8 Å². The van der Waals surface area contributed by atoms with Crippen LogP contribution in [0.5, 0.6) is 5.75 Å². The molecule has 0 amide bonds. The van der Waals surface area contributed by atoms with Gasteiger partial charge in [-0.2, -0.15) is 0 Å². The van der Waals surface area contributed by atoms with Gasteiger partial charge in [0.2, 0.25) is 0 Å². The van der Waals surface area contributed by atoms with Gasteiger partial charge < -0.3 is 19.9 Å². The second-order valence-electron chi connectivity index (χ2n) is 6.40. The minimum atomic E-state index is -0.123. The predicted octanol–water partition coefficient (Wildman–Crippen LogP) is 2.73. The lowest BCUT2D eigenvalue weighted by molar-refractivity contribution is -0.112. The Bertz CT molecular complexity index is 495. The molecule has 2 unspecified atom stereocenters. The van der Waals surface area contributed by atoms with Gasteiger partial charge in [-0.1, -0.05) is 17.7 Å². The Morgan fingerprint density at radius 2 is 2.24 bits per heavy atom. The van der Waals surface area contributed by atoms with Crippen LogP contribution in [0.2, 0.25) is 0 Å². The molecule has 2 fully saturated rings. The van der Waals surface area contributed by atoms with Gasteiger partial charge in [-0.05, 0) is 19.9 Å². The van der Waals surface area contributed by atoms with Gasteiger partial charge in [0.1, 0.15) is 11.9 Å². The molecule has 0 aliphatic carbocycles. The zero-order chi connectivity index (χ0) is 14.9. The molecule has 2 heterocycles. The number of benzene rings is 1. The lowest BCUT2D eigenvalue weighted by Gasteiger charge is -2.37. The third-order valence-electron chi connectivity index (χ3n) is 4.46. The van der Waals surface area contributed by atoms with Crippen LogP contribution < -0.4 is 10.5 Å². The van der Waals surface area contributed by atoms with Gasteiger partial charge in [0.25, 0.3) is 0 Å². The molecule has 3 atom stereocenters. The summed E-state index contributed by atoms with van der Waals surface area (Å²) in [5, 5.41) is 0. The van der Waals surface area contributed by atoms with Crippen LogP contribution >= 0.6 is 0 Å². The number of nitrogens with two attached hydrogens (primary N) is 1. The molecule has 2 saturated heterocycles. The monoisotopic (exact) mass is 291 g/mol. The zero-order valence-electron chi connectivity index (χ0n) is 12.9. The maximum atomic E-state index is 6.27. The summed E-state index contributed by atoms with van der Waals surface area (Å²) < 4.78 is 17.7. The Kier molecular flexibility index (Phi) is 4.20. The van der Waals surface area contributed by atoms with Crippen molar-refractivity contribution in [3.05, 3.63) is 29.3 Å². The molecule has 4 heteroatoms. The fraction of sp³-hybridized carbons (Fsp3) is 0.647. The maximum Gasteiger partial charge on any atom is 0.124 e. The maximum absolute atomic E-state index is 6.27. The molecule has 4 nitrogen and oxygen atoms in total. The first-order valence-electron chi connectivity index (χ1n) is 7.82. The number of hydrogen-bond acceptors (Lipinski definition) is 4. The summed E-state index contributed by atoms with van der Waals surface area (Å²) in [6.07, 6.45) is 2.98. The second-order valence-corrected chi connectivity index (χ2v) is 6.40. The number of aryl methyl sites for hydroxylation is 1. The normalized spacial score (nSPS) is 30.5. The molecular weight excluding hydrogens is 266 g/mol. The van der Waals surface area contributed by atoms with Crippen LogP contribution in [0.1, 0.15) is 43.4 Å². The van der Waals surface area contributed by atoms with E-state index in [-0.39, 0.29) is 17.7 Å². The molecule has 2 N–H and O–H groups in total. The summed E-state index contributed by atoms with van der Waals surface area (Å²) in [6, 6.07) is 6.22. The van der Waals surface area contributed by atoms with Gasteiger partial charge in [0.15, 0.2) is 0 Å². The third kappa shape index (κ3) is 3.23. The molecule has 2 aliphatic rings. The van der Waals surface area contributed by atoms with Crippen molar-refractivity contribution >= 4 is 0 Å². The molecule has 0 bridgehead atoms. The van der Waals surface area contributed by atoms with Crippen LogP contribution in [0.3, 0.4) is 0 Å². The summed E-state index contributed by atoms with van der Waals surface area (Å²) in [5.74, 6) is 0.913. The minimum absolute atomic E-state index is 0.0245. The van der Waals surface area contributed by atoms with Crippen molar-refractivity contribution in [3.63, 3.8) is 0 Å². The first kappa shape index (κ1) is 14.8. The average Bonchev–Trinajstić information content (AvgIpc) is 2.88. The predicted molar refractivity (Wildman–Crippen MR) is 81.6 cm³/mol. The zero-order valence-corrected chi connectivity index (χ0v) is 12.9. The van der Waals surface area contributed by atoms with Gasteiger partial charge in [-0.15, -0.1) is 0 Å². The van der Waals surface area contributed by atoms with Crippen LogP contribution in [-0.2, 0) is 9.47 Å². The Balaban J connectivity index is 1.74. The van der Waals surface area contributed by atoms with E-state index in [4.69, 9.17) is 19.9 Å². The highest BCUT2D eigenvalue weighted by Crippen LogP contribution is 2.35. The molecule has 1 spiro atoms. The Morgan fingerprint density at radius 1 is 1.38 bits per heavy atom. The van der Waals surface area contributed by atoms with E-state index >= 15 is 0 Å². The Hall–Kier alpha value is -1.10. The molecule has 21 heavy (non-hydrogen) atoms. The van der Waals surface area contributed by atoms with E-state index in [0.29, 0.717) is 6.61 Å². The number of rotatable bonds is 3. The molecular formula is C17H25NO3. The van der Waals surface area contributed by atoms with E-state index in [2.05, 4.69) is 19.1 Å². The Labute approximate surface area is 126 Å². The summed E-state index contributed by atoms with van der Waals surface area (Å²) in [7, 11) is 0. The lowest BCUT2D eigenvalue weighted by atomic mass is 9.91. The summed E-state index contributed by atoms with van der Waals surface area (Å²) in [5.41, 5.74) is 8.25. The molecule has 0 aromatic heterocycles. The molecule has 0 radical (unpaired) electrons. The third-order valence-corrected chi connectivity index (χ3v) is 4.46. The molecule has 0 saturated carbocycles. The fourth-order valence-electron chi connectivity index (χ4n) is 3.26. The van der Waals surface area contributed by atoms with Crippen LogP contribution in [-0.4, -0.2) is 31.5 Å². The Morgan fingerprint density at radius 3 is 2.95 bits per heavy atom.